The van der Waals surface area contributed by atoms with Crippen LogP contribution in [0, 0.1) is 6.92 Å². The van der Waals surface area contributed by atoms with Gasteiger partial charge in [0.1, 0.15) is 0 Å². The number of nitrogens with zero attached hydrogens (tertiary/aromatic N) is 1. The van der Waals surface area contributed by atoms with Crippen molar-refractivity contribution in [2.75, 3.05) is 37.3 Å². The quantitative estimate of drug-likeness (QED) is 0.826. The van der Waals surface area contributed by atoms with Gasteiger partial charge < -0.3 is 10.2 Å². The van der Waals surface area contributed by atoms with Gasteiger partial charge in [-0.05, 0) is 38.9 Å². The van der Waals surface area contributed by atoms with Crippen LogP contribution in [0.1, 0.15) is 18.4 Å². The van der Waals surface area contributed by atoms with Gasteiger partial charge in [-0.1, -0.05) is 17.7 Å². The van der Waals surface area contributed by atoms with Crippen molar-refractivity contribution in [1.29, 1.82) is 0 Å². The molecule has 1 saturated heterocycles. The fourth-order valence-electron chi connectivity index (χ4n) is 2.60. The van der Waals surface area contributed by atoms with Gasteiger partial charge in [-0.15, -0.1) is 0 Å². The summed E-state index contributed by atoms with van der Waals surface area (Å²) >= 11 is 0. The van der Waals surface area contributed by atoms with E-state index in [-0.39, 0.29) is 5.75 Å². The maximum absolute atomic E-state index is 11.3. The minimum absolute atomic E-state index is 0.141. The smallest absolute Gasteiger partial charge is 0.212 e. The Labute approximate surface area is 127 Å². The Kier molecular flexibility index (Phi) is 5.61. The standard InChI is InChI=1S/C15H25N3O2S/c1-13-3-5-15(6-4-13)18-10-7-14(8-11-18)17-9-12-21(19,20)16-2/h3-6,14,16-17H,7-12H2,1-2H3. The minimum atomic E-state index is -3.10. The van der Waals surface area contributed by atoms with Gasteiger partial charge in [0.05, 0.1) is 5.75 Å². The second-order valence-corrected chi connectivity index (χ2v) is 7.62. The molecule has 2 N–H and O–H groups in total. The number of anilines is 1. The number of piperidine rings is 1. The molecule has 1 aliphatic rings. The number of hydrogen-bond donors (Lipinski definition) is 2. The molecule has 5 nitrogen and oxygen atoms in total. The van der Waals surface area contributed by atoms with Crippen molar-refractivity contribution in [2.45, 2.75) is 25.8 Å². The maximum Gasteiger partial charge on any atom is 0.212 e. The monoisotopic (exact) mass is 311 g/mol. The highest BCUT2D eigenvalue weighted by atomic mass is 32.2. The largest absolute Gasteiger partial charge is 0.371 e. The van der Waals surface area contributed by atoms with Crippen molar-refractivity contribution in [3.8, 4) is 0 Å². The molecule has 0 spiro atoms. The number of rotatable bonds is 6. The lowest BCUT2D eigenvalue weighted by Gasteiger charge is -2.34. The molecule has 0 atom stereocenters. The van der Waals surface area contributed by atoms with Crippen molar-refractivity contribution >= 4 is 15.7 Å². The third-order valence-electron chi connectivity index (χ3n) is 4.01. The summed E-state index contributed by atoms with van der Waals surface area (Å²) in [6.07, 6.45) is 2.10. The maximum atomic E-state index is 11.3. The number of nitrogens with one attached hydrogen (secondary N) is 2. The van der Waals surface area contributed by atoms with E-state index < -0.39 is 10.0 Å². The van der Waals surface area contributed by atoms with Crippen LogP contribution in [-0.2, 0) is 10.0 Å². The van der Waals surface area contributed by atoms with Crippen molar-refractivity contribution in [3.05, 3.63) is 29.8 Å². The topological polar surface area (TPSA) is 61.4 Å². The number of sulfonamides is 1. The predicted molar refractivity (Wildman–Crippen MR) is 87.3 cm³/mol. The molecule has 6 heteroatoms. The zero-order chi connectivity index (χ0) is 15.3. The molecule has 0 bridgehead atoms. The summed E-state index contributed by atoms with van der Waals surface area (Å²) in [7, 11) is -1.65. The molecule has 118 valence electrons. The van der Waals surface area contributed by atoms with Crippen molar-refractivity contribution in [1.82, 2.24) is 10.0 Å². The molecule has 1 aliphatic heterocycles. The van der Waals surface area contributed by atoms with Gasteiger partial charge in [0, 0.05) is 31.4 Å². The van der Waals surface area contributed by atoms with Crippen LogP contribution in [0.25, 0.3) is 0 Å². The molecular weight excluding hydrogens is 286 g/mol. The van der Waals surface area contributed by atoms with Crippen LogP contribution in [0.15, 0.2) is 24.3 Å². The van der Waals surface area contributed by atoms with Crippen molar-refractivity contribution in [2.24, 2.45) is 0 Å². The summed E-state index contributed by atoms with van der Waals surface area (Å²) in [6, 6.07) is 9.04. The number of benzene rings is 1. The van der Waals surface area contributed by atoms with E-state index in [0.29, 0.717) is 12.6 Å². The molecule has 0 aromatic heterocycles. The lowest BCUT2D eigenvalue weighted by molar-refractivity contribution is 0.423. The molecule has 21 heavy (non-hydrogen) atoms. The predicted octanol–water partition coefficient (Wildman–Crippen LogP) is 1.10. The zero-order valence-electron chi connectivity index (χ0n) is 12.8. The van der Waals surface area contributed by atoms with Crippen LogP contribution in [0.3, 0.4) is 0 Å². The molecule has 0 aliphatic carbocycles. The van der Waals surface area contributed by atoms with Crippen LogP contribution < -0.4 is 14.9 Å². The highest BCUT2D eigenvalue weighted by molar-refractivity contribution is 7.89. The van der Waals surface area contributed by atoms with E-state index in [1.807, 2.05) is 0 Å². The van der Waals surface area contributed by atoms with Gasteiger partial charge in [-0.2, -0.15) is 0 Å². The first kappa shape index (κ1) is 16.3. The molecule has 1 aromatic rings. The first-order chi connectivity index (χ1) is 10.00. The van der Waals surface area contributed by atoms with Gasteiger partial charge in [-0.25, -0.2) is 13.1 Å². The van der Waals surface area contributed by atoms with Gasteiger partial charge >= 0.3 is 0 Å². The summed E-state index contributed by atoms with van der Waals surface area (Å²) in [5.74, 6) is 0.141. The van der Waals surface area contributed by atoms with E-state index in [1.165, 1.54) is 18.3 Å². The van der Waals surface area contributed by atoms with Crippen LogP contribution in [0.2, 0.25) is 0 Å². The average Bonchev–Trinajstić information content (AvgIpc) is 2.49. The van der Waals surface area contributed by atoms with Crippen LogP contribution in [0.4, 0.5) is 5.69 Å². The fraction of sp³-hybridized carbons (Fsp3) is 0.600. The van der Waals surface area contributed by atoms with Crippen molar-refractivity contribution in [3.63, 3.8) is 0 Å². The molecule has 0 saturated carbocycles. The summed E-state index contributed by atoms with van der Waals surface area (Å²) in [5, 5.41) is 3.35. The fourth-order valence-corrected chi connectivity index (χ4v) is 3.19. The molecule has 0 unspecified atom stereocenters. The minimum Gasteiger partial charge on any atom is -0.371 e. The van der Waals surface area contributed by atoms with Crippen LogP contribution >= 0.6 is 0 Å². The highest BCUT2D eigenvalue weighted by Gasteiger charge is 2.19. The second-order valence-electron chi connectivity index (χ2n) is 5.57. The molecule has 0 radical (unpaired) electrons. The van der Waals surface area contributed by atoms with Gasteiger partial charge in [0.15, 0.2) is 0 Å². The summed E-state index contributed by atoms with van der Waals surface area (Å²) in [5.41, 5.74) is 2.55. The molecule has 1 fully saturated rings. The van der Waals surface area contributed by atoms with Gasteiger partial charge in [-0.3, -0.25) is 0 Å². The normalized spacial score (nSPS) is 17.1. The van der Waals surface area contributed by atoms with E-state index >= 15 is 0 Å². The third-order valence-corrected chi connectivity index (χ3v) is 5.37. The van der Waals surface area contributed by atoms with E-state index in [0.717, 1.165) is 25.9 Å². The summed E-state index contributed by atoms with van der Waals surface area (Å²) in [4.78, 5) is 2.39. The zero-order valence-corrected chi connectivity index (χ0v) is 13.6. The first-order valence-electron chi connectivity index (χ1n) is 7.46. The lowest BCUT2D eigenvalue weighted by Crippen LogP contribution is -2.44. The second kappa shape index (κ2) is 7.24. The molecule has 2 rings (SSSR count). The molecule has 1 heterocycles. The van der Waals surface area contributed by atoms with Crippen LogP contribution in [0.5, 0.6) is 0 Å². The molecule has 0 amide bonds. The number of aryl methyl sites for hydroxylation is 1. The Bertz CT molecular complexity index is 535. The van der Waals surface area contributed by atoms with Crippen LogP contribution in [-0.4, -0.2) is 46.9 Å². The van der Waals surface area contributed by atoms with E-state index in [9.17, 15) is 8.42 Å². The molecule has 1 aromatic carbocycles. The Balaban J connectivity index is 1.74. The first-order valence-corrected chi connectivity index (χ1v) is 9.11. The summed E-state index contributed by atoms with van der Waals surface area (Å²) < 4.78 is 25.0. The van der Waals surface area contributed by atoms with Gasteiger partial charge in [0.2, 0.25) is 10.0 Å². The SMILES string of the molecule is CNS(=O)(=O)CCNC1CCN(c2ccc(C)cc2)CC1. The Hall–Kier alpha value is -1.11. The van der Waals surface area contributed by atoms with E-state index in [4.69, 9.17) is 0 Å². The van der Waals surface area contributed by atoms with E-state index in [1.54, 1.807) is 0 Å². The Morgan fingerprint density at radius 1 is 1.19 bits per heavy atom. The Morgan fingerprint density at radius 3 is 2.38 bits per heavy atom. The van der Waals surface area contributed by atoms with E-state index in [2.05, 4.69) is 46.1 Å². The highest BCUT2D eigenvalue weighted by Crippen LogP contribution is 2.20. The van der Waals surface area contributed by atoms with Crippen molar-refractivity contribution < 1.29 is 8.42 Å². The average molecular weight is 311 g/mol. The molecular formula is C15H25N3O2S. The van der Waals surface area contributed by atoms with Gasteiger partial charge in [0.25, 0.3) is 0 Å². The summed E-state index contributed by atoms with van der Waals surface area (Å²) in [6.45, 7) is 4.64. The number of hydrogen-bond acceptors (Lipinski definition) is 4. The third kappa shape index (κ3) is 4.98. The lowest BCUT2D eigenvalue weighted by atomic mass is 10.0. The Morgan fingerprint density at radius 2 is 1.81 bits per heavy atom.